The molecule has 0 aromatic carbocycles. The van der Waals surface area contributed by atoms with Crippen LogP contribution >= 0.6 is 0 Å². The molecule has 4 N–H and O–H groups in total. The predicted molar refractivity (Wildman–Crippen MR) is 69.9 cm³/mol. The number of carbonyl (C=O) groups is 3. The van der Waals surface area contributed by atoms with Crippen molar-refractivity contribution >= 4 is 17.9 Å². The number of carboxylic acid groups (broad SMARTS) is 1. The Labute approximate surface area is 117 Å². The molecule has 3 amide bonds. The maximum absolute atomic E-state index is 11.9. The van der Waals surface area contributed by atoms with Crippen LogP contribution in [0.3, 0.4) is 0 Å². The van der Waals surface area contributed by atoms with Gasteiger partial charge in [0.15, 0.2) is 0 Å². The van der Waals surface area contributed by atoms with Gasteiger partial charge in [-0.1, -0.05) is 0 Å². The average Bonchev–Trinajstić information content (AvgIpc) is 2.37. The molecule has 8 nitrogen and oxygen atoms in total. The lowest BCUT2D eigenvalue weighted by Gasteiger charge is -2.36. The van der Waals surface area contributed by atoms with Crippen LogP contribution in [0.2, 0.25) is 0 Å². The number of carbonyl (C=O) groups excluding carboxylic acids is 2. The number of amides is 3. The van der Waals surface area contributed by atoms with Crippen LogP contribution in [0.4, 0.5) is 4.79 Å². The van der Waals surface area contributed by atoms with Crippen molar-refractivity contribution in [3.63, 3.8) is 0 Å². The van der Waals surface area contributed by atoms with Gasteiger partial charge in [-0.15, -0.1) is 0 Å². The number of rotatable bonds is 6. The van der Waals surface area contributed by atoms with E-state index in [1.54, 1.807) is 4.90 Å². The number of hydrogen-bond donors (Lipinski definition) is 3. The minimum absolute atomic E-state index is 0.114. The number of nitrogens with two attached hydrogens (primary N) is 1. The third-order valence-corrected chi connectivity index (χ3v) is 3.25. The Bertz CT molecular complexity index is 374. The fraction of sp³-hybridized carbons (Fsp3) is 0.750. The quantitative estimate of drug-likeness (QED) is 0.562. The van der Waals surface area contributed by atoms with E-state index in [0.717, 1.165) is 0 Å². The largest absolute Gasteiger partial charge is 0.481 e. The lowest BCUT2D eigenvalue weighted by molar-refractivity contribution is -0.143. The molecule has 1 rings (SSSR count). The standard InChI is InChI=1S/C12H21N3O5/c1-8-6-9(11(17)18)2-4-15(8)12(19)14-3-5-20-7-10(13)16/h8-9H,2-7H2,1H3,(H2,13,16)(H,14,19)(H,17,18). The first kappa shape index (κ1) is 16.2. The molecular weight excluding hydrogens is 266 g/mol. The van der Waals surface area contributed by atoms with Crippen LogP contribution in [0.5, 0.6) is 0 Å². The van der Waals surface area contributed by atoms with Gasteiger partial charge < -0.3 is 25.8 Å². The summed E-state index contributed by atoms with van der Waals surface area (Å²) in [6, 6.07) is -0.361. The van der Waals surface area contributed by atoms with Gasteiger partial charge in [-0.2, -0.15) is 0 Å². The second kappa shape index (κ2) is 7.68. The van der Waals surface area contributed by atoms with E-state index in [2.05, 4.69) is 5.32 Å². The van der Waals surface area contributed by atoms with Gasteiger partial charge >= 0.3 is 12.0 Å². The lowest BCUT2D eigenvalue weighted by Crippen LogP contribution is -2.50. The van der Waals surface area contributed by atoms with E-state index in [1.165, 1.54) is 0 Å². The molecule has 0 aliphatic carbocycles. The van der Waals surface area contributed by atoms with E-state index >= 15 is 0 Å². The van der Waals surface area contributed by atoms with E-state index in [1.807, 2.05) is 6.92 Å². The Kier molecular flexibility index (Phi) is 6.23. The summed E-state index contributed by atoms with van der Waals surface area (Å²) in [5.74, 6) is -1.74. The monoisotopic (exact) mass is 287 g/mol. The van der Waals surface area contributed by atoms with Crippen LogP contribution in [0.1, 0.15) is 19.8 Å². The van der Waals surface area contributed by atoms with Crippen molar-refractivity contribution in [3.8, 4) is 0 Å². The maximum Gasteiger partial charge on any atom is 0.317 e. The van der Waals surface area contributed by atoms with Gasteiger partial charge in [-0.3, -0.25) is 9.59 Å². The molecule has 0 saturated carbocycles. The molecule has 2 atom stereocenters. The summed E-state index contributed by atoms with van der Waals surface area (Å²) in [4.78, 5) is 34.8. The number of likely N-dealkylation sites (tertiary alicyclic amines) is 1. The molecule has 2 unspecified atom stereocenters. The number of nitrogens with one attached hydrogen (secondary N) is 1. The van der Waals surface area contributed by atoms with Gasteiger partial charge in [0, 0.05) is 19.1 Å². The molecule has 1 heterocycles. The summed E-state index contributed by atoms with van der Waals surface area (Å²) in [5, 5.41) is 11.6. The van der Waals surface area contributed by atoms with Gasteiger partial charge in [0.05, 0.1) is 12.5 Å². The van der Waals surface area contributed by atoms with Crippen molar-refractivity contribution in [3.05, 3.63) is 0 Å². The van der Waals surface area contributed by atoms with Crippen LogP contribution < -0.4 is 11.1 Å². The van der Waals surface area contributed by atoms with Crippen molar-refractivity contribution in [2.24, 2.45) is 11.7 Å². The molecule has 0 aromatic rings. The SMILES string of the molecule is CC1CC(C(=O)O)CCN1C(=O)NCCOCC(N)=O. The zero-order valence-electron chi connectivity index (χ0n) is 11.5. The van der Waals surface area contributed by atoms with Gasteiger partial charge in [0.2, 0.25) is 5.91 Å². The minimum atomic E-state index is -0.809. The Balaban J connectivity index is 2.26. The molecular formula is C12H21N3O5. The Hall–Kier alpha value is -1.83. The van der Waals surface area contributed by atoms with Gasteiger partial charge in [0.25, 0.3) is 0 Å². The number of ether oxygens (including phenoxy) is 1. The minimum Gasteiger partial charge on any atom is -0.481 e. The first-order valence-corrected chi connectivity index (χ1v) is 6.55. The molecule has 0 bridgehead atoms. The smallest absolute Gasteiger partial charge is 0.317 e. The van der Waals surface area contributed by atoms with E-state index < -0.39 is 11.9 Å². The number of hydrogen-bond acceptors (Lipinski definition) is 4. The van der Waals surface area contributed by atoms with Crippen molar-refractivity contribution in [1.29, 1.82) is 0 Å². The summed E-state index contributed by atoms with van der Waals surface area (Å²) in [6.45, 7) is 2.56. The molecule has 0 aromatic heterocycles. The van der Waals surface area contributed by atoms with Crippen molar-refractivity contribution in [2.45, 2.75) is 25.8 Å². The van der Waals surface area contributed by atoms with E-state index in [9.17, 15) is 14.4 Å². The molecule has 20 heavy (non-hydrogen) atoms. The zero-order chi connectivity index (χ0) is 15.1. The van der Waals surface area contributed by atoms with Crippen molar-refractivity contribution in [1.82, 2.24) is 10.2 Å². The second-order valence-electron chi connectivity index (χ2n) is 4.85. The van der Waals surface area contributed by atoms with E-state index in [0.29, 0.717) is 19.4 Å². The lowest BCUT2D eigenvalue weighted by atomic mass is 9.92. The summed E-state index contributed by atoms with van der Waals surface area (Å²) in [5.41, 5.74) is 4.90. The highest BCUT2D eigenvalue weighted by molar-refractivity contribution is 5.76. The number of piperidine rings is 1. The molecule has 0 spiro atoms. The van der Waals surface area contributed by atoms with Crippen molar-refractivity contribution < 1.29 is 24.2 Å². The fourth-order valence-corrected chi connectivity index (χ4v) is 2.20. The number of carboxylic acids is 1. The number of nitrogens with zero attached hydrogens (tertiary/aromatic N) is 1. The van der Waals surface area contributed by atoms with E-state index in [4.69, 9.17) is 15.6 Å². The number of primary amides is 1. The predicted octanol–water partition coefficient (Wildman–Crippen LogP) is -0.617. The molecule has 1 aliphatic rings. The molecule has 1 aliphatic heterocycles. The van der Waals surface area contributed by atoms with Gasteiger partial charge in [-0.05, 0) is 19.8 Å². The molecule has 0 radical (unpaired) electrons. The zero-order valence-corrected chi connectivity index (χ0v) is 11.5. The number of urea groups is 1. The molecule has 8 heteroatoms. The fourth-order valence-electron chi connectivity index (χ4n) is 2.20. The average molecular weight is 287 g/mol. The first-order chi connectivity index (χ1) is 9.41. The number of aliphatic carboxylic acids is 1. The summed E-state index contributed by atoms with van der Waals surface area (Å²) >= 11 is 0. The topological polar surface area (TPSA) is 122 Å². The highest BCUT2D eigenvalue weighted by Gasteiger charge is 2.31. The maximum atomic E-state index is 11.9. The van der Waals surface area contributed by atoms with E-state index in [-0.39, 0.29) is 37.7 Å². The Morgan fingerprint density at radius 1 is 1.45 bits per heavy atom. The molecule has 1 fully saturated rings. The molecule has 1 saturated heterocycles. The van der Waals surface area contributed by atoms with Gasteiger partial charge in [0.1, 0.15) is 6.61 Å². The highest BCUT2D eigenvalue weighted by Crippen LogP contribution is 2.22. The van der Waals surface area contributed by atoms with Gasteiger partial charge in [-0.25, -0.2) is 4.79 Å². The first-order valence-electron chi connectivity index (χ1n) is 6.55. The normalized spacial score (nSPS) is 22.4. The van der Waals surface area contributed by atoms with Crippen LogP contribution in [-0.2, 0) is 14.3 Å². The summed E-state index contributed by atoms with van der Waals surface area (Å²) in [6.07, 6.45) is 0.923. The van der Waals surface area contributed by atoms with Crippen LogP contribution in [-0.4, -0.2) is 60.3 Å². The van der Waals surface area contributed by atoms with Crippen molar-refractivity contribution in [2.75, 3.05) is 26.3 Å². The van der Waals surface area contributed by atoms with Crippen LogP contribution in [0.25, 0.3) is 0 Å². The highest BCUT2D eigenvalue weighted by atomic mass is 16.5. The third-order valence-electron chi connectivity index (χ3n) is 3.25. The summed E-state index contributed by atoms with van der Waals surface area (Å²) in [7, 11) is 0. The Morgan fingerprint density at radius 2 is 2.15 bits per heavy atom. The summed E-state index contributed by atoms with van der Waals surface area (Å²) < 4.78 is 4.92. The second-order valence-corrected chi connectivity index (χ2v) is 4.85. The molecule has 114 valence electrons. The Morgan fingerprint density at radius 3 is 2.70 bits per heavy atom. The van der Waals surface area contributed by atoms with Crippen LogP contribution in [0, 0.1) is 5.92 Å². The van der Waals surface area contributed by atoms with Crippen LogP contribution in [0.15, 0.2) is 0 Å². The third kappa shape index (κ3) is 5.04.